The van der Waals surface area contributed by atoms with Gasteiger partial charge in [-0.25, -0.2) is 9.69 Å². The van der Waals surface area contributed by atoms with Crippen LogP contribution in [0, 0.1) is 40.8 Å². The molecule has 2 aromatic carbocycles. The molecule has 0 amide bonds. The Morgan fingerprint density at radius 1 is 0.479 bits per heavy atom. The van der Waals surface area contributed by atoms with Crippen molar-refractivity contribution in [3.63, 3.8) is 0 Å². The smallest absolute Gasteiger partial charge is 0.405 e. The number of halogens is 1. The Bertz CT molecular complexity index is 1480. The summed E-state index contributed by atoms with van der Waals surface area (Å²) in [5.41, 5.74) is 4.64. The van der Waals surface area contributed by atoms with Crippen molar-refractivity contribution in [3.8, 4) is 0 Å². The topological polar surface area (TPSA) is 64.1 Å². The Hall–Kier alpha value is -2.15. The first-order valence-corrected chi connectivity index (χ1v) is 17.2. The highest BCUT2D eigenvalue weighted by molar-refractivity contribution is 9.10. The molecule has 3 aliphatic heterocycles. The monoisotopic (exact) mass is 720 g/mol. The van der Waals surface area contributed by atoms with Crippen LogP contribution in [0.25, 0.3) is 9.69 Å². The average Bonchev–Trinajstić information content (AvgIpc) is 3.40. The van der Waals surface area contributed by atoms with Crippen molar-refractivity contribution in [1.82, 2.24) is 0 Å². The lowest BCUT2D eigenvalue weighted by atomic mass is 9.49. The minimum absolute atomic E-state index is 0.338. The van der Waals surface area contributed by atoms with Crippen molar-refractivity contribution < 1.29 is 27.9 Å². The molecule has 0 bridgehead atoms. The molecule has 3 heterocycles. The van der Waals surface area contributed by atoms with E-state index < -0.39 is 14.0 Å². The molecule has 3 aliphatic rings. The van der Waals surface area contributed by atoms with Gasteiger partial charge in [-0.1, -0.05) is 51.3 Å². The Morgan fingerprint density at radius 2 is 0.729 bits per heavy atom. The first-order valence-electron chi connectivity index (χ1n) is 16.4. The summed E-state index contributed by atoms with van der Waals surface area (Å²) in [7, 11) is -1.31. The van der Waals surface area contributed by atoms with Crippen LogP contribution in [-0.2, 0) is 27.9 Å². The van der Waals surface area contributed by atoms with Crippen LogP contribution in [-0.4, -0.2) is 54.7 Å². The summed E-state index contributed by atoms with van der Waals surface area (Å²) in [4.78, 5) is 6.85. The quantitative estimate of drug-likeness (QED) is 0.228. The van der Waals surface area contributed by atoms with E-state index in [1.165, 1.54) is 0 Å². The van der Waals surface area contributed by atoms with E-state index in [-0.39, 0.29) is 40.7 Å². The average molecular weight is 721 g/mol. The molecule has 0 aliphatic carbocycles. The van der Waals surface area contributed by atoms with Crippen LogP contribution in [0.5, 0.6) is 0 Å². The molecule has 2 aromatic rings. The van der Waals surface area contributed by atoms with E-state index in [2.05, 4.69) is 25.6 Å². The van der Waals surface area contributed by atoms with Gasteiger partial charge in [0.1, 0.15) is 0 Å². The molecule has 0 N–H and O–H groups in total. The zero-order valence-electron chi connectivity index (χ0n) is 31.8. The van der Waals surface area contributed by atoms with Crippen molar-refractivity contribution in [2.24, 2.45) is 0 Å². The summed E-state index contributed by atoms with van der Waals surface area (Å²) in [6, 6.07) is 7.54. The first kappa shape index (κ1) is 40.3. The lowest BCUT2D eigenvalue weighted by Crippen LogP contribution is -2.41. The van der Waals surface area contributed by atoms with Gasteiger partial charge in [0.2, 0.25) is 0 Å². The summed E-state index contributed by atoms with van der Waals surface area (Å²) in [6.45, 7) is 46.3. The first-order chi connectivity index (χ1) is 21.7. The molecule has 3 fully saturated rings. The third-order valence-corrected chi connectivity index (χ3v) is 11.8. The van der Waals surface area contributed by atoms with Gasteiger partial charge in [0, 0.05) is 4.47 Å². The maximum absolute atomic E-state index is 7.11. The molecular formula is C36H52B3BrN2O6. The van der Waals surface area contributed by atoms with E-state index in [0.29, 0.717) is 11.4 Å². The van der Waals surface area contributed by atoms with Gasteiger partial charge >= 0.3 is 21.1 Å². The molecule has 8 nitrogen and oxygen atoms in total. The normalized spacial score (nSPS) is 22.2. The number of benzene rings is 2. The predicted molar refractivity (Wildman–Crippen MR) is 200 cm³/mol. The molecule has 48 heavy (non-hydrogen) atoms. The highest BCUT2D eigenvalue weighted by Crippen LogP contribution is 2.43. The fourth-order valence-corrected chi connectivity index (χ4v) is 5.57. The van der Waals surface area contributed by atoms with Crippen LogP contribution < -0.4 is 5.46 Å². The Balaban J connectivity index is 0.000000203. The molecule has 0 saturated carbocycles. The summed E-state index contributed by atoms with van der Waals surface area (Å²) >= 11 is 3.44. The van der Waals surface area contributed by atoms with E-state index in [0.717, 1.165) is 32.2 Å². The Labute approximate surface area is 299 Å². The number of aryl methyl sites for hydroxylation is 4. The third-order valence-electron chi connectivity index (χ3n) is 10.5. The van der Waals surface area contributed by atoms with Gasteiger partial charge in [0.25, 0.3) is 0 Å². The molecular weight excluding hydrogens is 669 g/mol. The lowest BCUT2D eigenvalue weighted by Gasteiger charge is -2.32. The summed E-state index contributed by atoms with van der Waals surface area (Å²) in [5, 5.41) is 0. The summed E-state index contributed by atoms with van der Waals surface area (Å²) < 4.78 is 37.1. The van der Waals surface area contributed by atoms with Gasteiger partial charge in [-0.05, 0) is 127 Å². The van der Waals surface area contributed by atoms with Gasteiger partial charge in [0.05, 0.1) is 46.8 Å². The maximum Gasteiger partial charge on any atom is 0.495 e. The lowest BCUT2D eigenvalue weighted by molar-refractivity contribution is 0.00578. The van der Waals surface area contributed by atoms with Crippen molar-refractivity contribution >= 4 is 53.9 Å². The van der Waals surface area contributed by atoms with Gasteiger partial charge in [-0.3, -0.25) is 0 Å². The third kappa shape index (κ3) is 8.24. The van der Waals surface area contributed by atoms with Crippen LogP contribution in [0.4, 0.5) is 11.4 Å². The van der Waals surface area contributed by atoms with E-state index in [4.69, 9.17) is 41.1 Å². The van der Waals surface area contributed by atoms with Gasteiger partial charge in [-0.15, -0.1) is 0 Å². The minimum Gasteiger partial charge on any atom is -0.405 e. The van der Waals surface area contributed by atoms with Gasteiger partial charge in [-0.2, -0.15) is 0 Å². The second-order valence-corrected chi connectivity index (χ2v) is 16.7. The Kier molecular flexibility index (Phi) is 11.6. The molecule has 258 valence electrons. The fraction of sp³-hybridized carbons (Fsp3) is 0.611. The highest BCUT2D eigenvalue weighted by atomic mass is 79.9. The second-order valence-electron chi connectivity index (χ2n) is 15.9. The number of hydrogen-bond donors (Lipinski definition) is 0. The van der Waals surface area contributed by atoms with E-state index in [9.17, 15) is 0 Å². The van der Waals surface area contributed by atoms with E-state index in [1.807, 2.05) is 135 Å². The van der Waals surface area contributed by atoms with Crippen LogP contribution in [0.1, 0.15) is 105 Å². The highest BCUT2D eigenvalue weighted by Gasteiger charge is 2.63. The van der Waals surface area contributed by atoms with E-state index in [1.54, 1.807) is 0 Å². The maximum atomic E-state index is 7.11. The largest absolute Gasteiger partial charge is 0.495 e. The van der Waals surface area contributed by atoms with Crippen LogP contribution in [0.3, 0.4) is 0 Å². The fourth-order valence-electron chi connectivity index (χ4n) is 5.34. The van der Waals surface area contributed by atoms with Crippen molar-refractivity contribution in [3.05, 3.63) is 73.8 Å². The van der Waals surface area contributed by atoms with Crippen molar-refractivity contribution in [1.29, 1.82) is 0 Å². The number of hydrogen-bond acceptors (Lipinski definition) is 6. The van der Waals surface area contributed by atoms with Crippen molar-refractivity contribution in [2.45, 2.75) is 144 Å². The zero-order chi connectivity index (χ0) is 36.8. The minimum atomic E-state index is -0.476. The standard InChI is InChI=1S/C15H20BNO2.C12H24B2O4.C9H8BrN/c1-10-8-12(17-7)9-11(2)13(10)16-18-14(3,4)15(5,6)19-16;1-9(2)10(3,4)16-13(15-9)14-17-11(5,6)12(7,8)18-14;1-6-4-8(11-3)5-7(2)9(6)10/h8-9H,1-6H3;1-8H3;4-5H,1-2H3. The van der Waals surface area contributed by atoms with Crippen LogP contribution in [0.15, 0.2) is 28.7 Å². The van der Waals surface area contributed by atoms with Crippen LogP contribution in [0.2, 0.25) is 0 Å². The van der Waals surface area contributed by atoms with Gasteiger partial charge in [0.15, 0.2) is 11.4 Å². The molecule has 0 spiro atoms. The molecule has 12 heteroatoms. The second kappa shape index (κ2) is 13.9. The van der Waals surface area contributed by atoms with Crippen molar-refractivity contribution in [2.75, 3.05) is 0 Å². The molecule has 3 saturated heterocycles. The Morgan fingerprint density at radius 3 is 1.00 bits per heavy atom. The summed E-state index contributed by atoms with van der Waals surface area (Å²) in [5.74, 6) is 0. The molecule has 0 unspecified atom stereocenters. The van der Waals surface area contributed by atoms with E-state index >= 15 is 0 Å². The number of rotatable bonds is 2. The number of nitrogens with zero attached hydrogens (tertiary/aromatic N) is 2. The predicted octanol–water partition coefficient (Wildman–Crippen LogP) is 9.02. The molecule has 0 atom stereocenters. The summed E-state index contributed by atoms with van der Waals surface area (Å²) in [6.07, 6.45) is 0. The molecule has 0 radical (unpaired) electrons. The van der Waals surface area contributed by atoms with Crippen LogP contribution >= 0.6 is 15.9 Å². The van der Waals surface area contributed by atoms with Gasteiger partial charge < -0.3 is 27.9 Å². The SMILES string of the molecule is CC1(C)OB(B2OC(C)(C)C(C)(C)O2)OC1(C)C.[C-]#[N+]c1cc(C)c(B2OC(C)(C)C(C)(C)O2)c(C)c1.[C-]#[N+]c1cc(C)c(Br)c(C)c1. The molecule has 0 aromatic heterocycles. The molecule has 5 rings (SSSR count). The zero-order valence-corrected chi connectivity index (χ0v) is 33.3.